The number of carbonyl (C=O) groups is 1. The van der Waals surface area contributed by atoms with Gasteiger partial charge in [-0.1, -0.05) is 6.07 Å². The van der Waals surface area contributed by atoms with Crippen LogP contribution in [0.3, 0.4) is 0 Å². The molecule has 0 unspecified atom stereocenters. The zero-order valence-electron chi connectivity index (χ0n) is 17.2. The number of benzene rings is 2. The summed E-state index contributed by atoms with van der Waals surface area (Å²) in [6.45, 7) is 3.80. The number of carbonyl (C=O) groups excluding carboxylic acids is 1. The maximum Gasteiger partial charge on any atom is 0.263 e. The van der Waals surface area contributed by atoms with Crippen molar-refractivity contribution in [2.24, 2.45) is 0 Å². The highest BCUT2D eigenvalue weighted by Crippen LogP contribution is 2.23. The maximum absolute atomic E-state index is 12.6. The van der Waals surface area contributed by atoms with Gasteiger partial charge in [-0.2, -0.15) is 0 Å². The van der Waals surface area contributed by atoms with Crippen LogP contribution in [0.25, 0.3) is 0 Å². The smallest absolute Gasteiger partial charge is 0.263 e. The molecule has 0 aliphatic heterocycles. The normalized spacial score (nSPS) is 11.1. The third-order valence-corrected chi connectivity index (χ3v) is 5.33. The van der Waals surface area contributed by atoms with Gasteiger partial charge in [0.05, 0.1) is 18.1 Å². The van der Waals surface area contributed by atoms with Crippen molar-refractivity contribution in [2.75, 3.05) is 17.1 Å². The molecule has 0 radical (unpaired) electrons. The Balaban J connectivity index is 1.72. The molecule has 1 aromatic heterocycles. The van der Waals surface area contributed by atoms with Crippen molar-refractivity contribution in [3.8, 4) is 11.6 Å². The van der Waals surface area contributed by atoms with Crippen LogP contribution in [0.2, 0.25) is 0 Å². The number of nitrogens with zero attached hydrogens (tertiary/aromatic N) is 2. The van der Waals surface area contributed by atoms with Gasteiger partial charge < -0.3 is 14.8 Å². The van der Waals surface area contributed by atoms with E-state index in [0.717, 1.165) is 0 Å². The Kier molecular flexibility index (Phi) is 6.71. The molecule has 2 N–H and O–H groups in total. The molecule has 0 bridgehead atoms. The van der Waals surface area contributed by atoms with Gasteiger partial charge in [-0.25, -0.2) is 18.4 Å². The zero-order chi connectivity index (χ0) is 22.4. The summed E-state index contributed by atoms with van der Waals surface area (Å²) < 4.78 is 38.2. The molecule has 3 rings (SSSR count). The molecule has 0 fully saturated rings. The molecular weight excluding hydrogens is 420 g/mol. The third kappa shape index (κ3) is 5.70. The van der Waals surface area contributed by atoms with Crippen LogP contribution >= 0.6 is 0 Å². The summed E-state index contributed by atoms with van der Waals surface area (Å²) in [4.78, 5) is 20.3. The molecule has 9 nitrogen and oxygen atoms in total. The standard InChI is InChI=1S/C21H22N4O5S/c1-14(2)30-17-6-4-5-15(13-17)20(26)24-16-7-9-18(10-8-16)31(27,28)25-19-21(29-3)23-12-11-22-19/h4-14H,1-3H3,(H,22,25)(H,24,26). The van der Waals surface area contributed by atoms with Gasteiger partial charge in [0.15, 0.2) is 0 Å². The lowest BCUT2D eigenvalue weighted by atomic mass is 10.2. The first-order chi connectivity index (χ1) is 14.8. The van der Waals surface area contributed by atoms with E-state index in [1.165, 1.54) is 43.8 Å². The number of methoxy groups -OCH3 is 1. The summed E-state index contributed by atoms with van der Waals surface area (Å²) in [7, 11) is -2.56. The summed E-state index contributed by atoms with van der Waals surface area (Å²) in [6, 6.07) is 12.6. The minimum Gasteiger partial charge on any atom is -0.491 e. The van der Waals surface area contributed by atoms with Crippen LogP contribution in [0.4, 0.5) is 11.5 Å². The van der Waals surface area contributed by atoms with E-state index in [1.54, 1.807) is 24.3 Å². The van der Waals surface area contributed by atoms with Crippen molar-refractivity contribution in [3.63, 3.8) is 0 Å². The summed E-state index contributed by atoms with van der Waals surface area (Å²) in [5.74, 6) is 0.284. The number of nitrogens with one attached hydrogen (secondary N) is 2. The Morgan fingerprint density at radius 2 is 1.74 bits per heavy atom. The van der Waals surface area contributed by atoms with Crippen molar-refractivity contribution in [1.82, 2.24) is 9.97 Å². The maximum atomic E-state index is 12.6. The largest absolute Gasteiger partial charge is 0.491 e. The second kappa shape index (κ2) is 9.43. The molecule has 162 valence electrons. The van der Waals surface area contributed by atoms with Gasteiger partial charge >= 0.3 is 0 Å². The minimum atomic E-state index is -3.92. The summed E-state index contributed by atoms with van der Waals surface area (Å²) in [5.41, 5.74) is 0.863. The highest BCUT2D eigenvalue weighted by molar-refractivity contribution is 7.92. The van der Waals surface area contributed by atoms with Crippen molar-refractivity contribution >= 4 is 27.4 Å². The second-order valence-electron chi connectivity index (χ2n) is 6.69. The Hall–Kier alpha value is -3.66. The van der Waals surface area contributed by atoms with Crippen molar-refractivity contribution in [1.29, 1.82) is 0 Å². The number of sulfonamides is 1. The minimum absolute atomic E-state index is 0.00876. The molecule has 0 saturated heterocycles. The third-order valence-electron chi connectivity index (χ3n) is 3.98. The number of aromatic nitrogens is 2. The average Bonchev–Trinajstić information content (AvgIpc) is 2.74. The van der Waals surface area contributed by atoms with E-state index < -0.39 is 10.0 Å². The van der Waals surface area contributed by atoms with Crippen LogP contribution in [0.5, 0.6) is 11.6 Å². The number of hydrogen-bond donors (Lipinski definition) is 2. The fourth-order valence-corrected chi connectivity index (χ4v) is 3.64. The molecule has 10 heteroatoms. The molecule has 0 aliphatic rings. The molecule has 0 atom stereocenters. The lowest BCUT2D eigenvalue weighted by Gasteiger charge is -2.12. The SMILES string of the molecule is COc1nccnc1NS(=O)(=O)c1ccc(NC(=O)c2cccc(OC(C)C)c2)cc1. The first kappa shape index (κ1) is 22.0. The number of rotatable bonds is 8. The van der Waals surface area contributed by atoms with Crippen LogP contribution in [-0.2, 0) is 10.0 Å². The Morgan fingerprint density at radius 1 is 1.03 bits per heavy atom. The summed E-state index contributed by atoms with van der Waals surface area (Å²) in [5, 5.41) is 2.73. The van der Waals surface area contributed by atoms with Gasteiger partial charge in [0.25, 0.3) is 21.8 Å². The van der Waals surface area contributed by atoms with E-state index in [0.29, 0.717) is 17.0 Å². The monoisotopic (exact) mass is 442 g/mol. The highest BCUT2D eigenvalue weighted by atomic mass is 32.2. The number of anilines is 2. The van der Waals surface area contributed by atoms with Gasteiger partial charge in [0.2, 0.25) is 5.82 Å². The van der Waals surface area contributed by atoms with Crippen molar-refractivity contribution < 1.29 is 22.7 Å². The van der Waals surface area contributed by atoms with Gasteiger partial charge in [0.1, 0.15) is 5.75 Å². The van der Waals surface area contributed by atoms with Crippen LogP contribution in [0.15, 0.2) is 65.8 Å². The van der Waals surface area contributed by atoms with Gasteiger partial charge in [0, 0.05) is 23.6 Å². The van der Waals surface area contributed by atoms with E-state index >= 15 is 0 Å². The van der Waals surface area contributed by atoms with E-state index in [2.05, 4.69) is 20.0 Å². The Labute approximate surface area is 180 Å². The van der Waals surface area contributed by atoms with Gasteiger partial charge in [-0.3, -0.25) is 9.52 Å². The van der Waals surface area contributed by atoms with Crippen LogP contribution in [0.1, 0.15) is 24.2 Å². The summed E-state index contributed by atoms with van der Waals surface area (Å²) in [6.07, 6.45) is 2.72. The van der Waals surface area contributed by atoms with Crippen molar-refractivity contribution in [3.05, 3.63) is 66.5 Å². The van der Waals surface area contributed by atoms with Crippen LogP contribution in [-0.4, -0.2) is 37.5 Å². The topological polar surface area (TPSA) is 120 Å². The van der Waals surface area contributed by atoms with E-state index in [-0.39, 0.29) is 28.6 Å². The quantitative estimate of drug-likeness (QED) is 0.549. The lowest BCUT2D eigenvalue weighted by Crippen LogP contribution is -2.16. The molecule has 3 aromatic rings. The summed E-state index contributed by atoms with van der Waals surface area (Å²) >= 11 is 0. The molecular formula is C21H22N4O5S. The molecule has 0 aliphatic carbocycles. The molecule has 31 heavy (non-hydrogen) atoms. The van der Waals surface area contributed by atoms with Crippen LogP contribution in [0, 0.1) is 0 Å². The predicted molar refractivity (Wildman–Crippen MR) is 116 cm³/mol. The van der Waals surface area contributed by atoms with E-state index in [4.69, 9.17) is 9.47 Å². The van der Waals surface area contributed by atoms with E-state index in [9.17, 15) is 13.2 Å². The van der Waals surface area contributed by atoms with Crippen molar-refractivity contribution in [2.45, 2.75) is 24.8 Å². The fourth-order valence-electron chi connectivity index (χ4n) is 2.63. The van der Waals surface area contributed by atoms with E-state index in [1.807, 2.05) is 13.8 Å². The lowest BCUT2D eigenvalue weighted by molar-refractivity contribution is 0.102. The highest BCUT2D eigenvalue weighted by Gasteiger charge is 2.18. The Morgan fingerprint density at radius 3 is 2.42 bits per heavy atom. The second-order valence-corrected chi connectivity index (χ2v) is 8.38. The Bertz CT molecular complexity index is 1160. The zero-order valence-corrected chi connectivity index (χ0v) is 18.0. The first-order valence-electron chi connectivity index (χ1n) is 9.34. The number of amides is 1. The number of ether oxygens (including phenoxy) is 2. The molecule has 2 aromatic carbocycles. The predicted octanol–water partition coefficient (Wildman–Crippen LogP) is 3.33. The molecule has 1 amide bonds. The van der Waals surface area contributed by atoms with Gasteiger partial charge in [-0.15, -0.1) is 0 Å². The molecule has 0 spiro atoms. The first-order valence-corrected chi connectivity index (χ1v) is 10.8. The molecule has 1 heterocycles. The fraction of sp³-hybridized carbons (Fsp3) is 0.190. The molecule has 0 saturated carbocycles. The number of hydrogen-bond acceptors (Lipinski definition) is 7. The average molecular weight is 442 g/mol. The van der Waals surface area contributed by atoms with Crippen LogP contribution < -0.4 is 19.5 Å². The van der Waals surface area contributed by atoms with Gasteiger partial charge in [-0.05, 0) is 56.3 Å².